The van der Waals surface area contributed by atoms with Crippen LogP contribution in [-0.4, -0.2) is 22.8 Å². The number of benzene rings is 2. The van der Waals surface area contributed by atoms with E-state index in [0.717, 1.165) is 28.4 Å². The number of aliphatic imine (C=N–C) groups is 1. The third-order valence-corrected chi connectivity index (χ3v) is 5.77. The Morgan fingerprint density at radius 3 is 2.62 bits per heavy atom. The maximum absolute atomic E-state index is 12.5. The van der Waals surface area contributed by atoms with Crippen molar-refractivity contribution in [3.8, 4) is 11.4 Å². The molecule has 0 unspecified atom stereocenters. The van der Waals surface area contributed by atoms with Gasteiger partial charge in [0.25, 0.3) is 5.91 Å². The van der Waals surface area contributed by atoms with E-state index in [2.05, 4.69) is 23.3 Å². The van der Waals surface area contributed by atoms with Crippen molar-refractivity contribution in [3.05, 3.63) is 82.5 Å². The van der Waals surface area contributed by atoms with E-state index in [1.165, 1.54) is 17.3 Å². The van der Waals surface area contributed by atoms with Gasteiger partial charge in [-0.25, -0.2) is 4.99 Å². The third kappa shape index (κ3) is 3.98. The maximum atomic E-state index is 12.5. The summed E-state index contributed by atoms with van der Waals surface area (Å²) in [5, 5.41) is 3.46. The Labute approximate surface area is 174 Å². The highest BCUT2D eigenvalue weighted by atomic mass is 32.2. The first kappa shape index (κ1) is 19.1. The third-order valence-electron chi connectivity index (χ3n) is 4.86. The Morgan fingerprint density at radius 1 is 1.07 bits per heavy atom. The van der Waals surface area contributed by atoms with E-state index in [-0.39, 0.29) is 5.91 Å². The molecule has 0 aliphatic carbocycles. The van der Waals surface area contributed by atoms with Crippen LogP contribution in [0.1, 0.15) is 16.8 Å². The van der Waals surface area contributed by atoms with Crippen LogP contribution in [0.15, 0.2) is 70.7 Å². The van der Waals surface area contributed by atoms with Gasteiger partial charge in [-0.15, -0.1) is 0 Å². The number of rotatable bonds is 4. The van der Waals surface area contributed by atoms with Gasteiger partial charge in [-0.05, 0) is 85.3 Å². The van der Waals surface area contributed by atoms with Gasteiger partial charge in [-0.1, -0.05) is 12.1 Å². The van der Waals surface area contributed by atoms with E-state index >= 15 is 0 Å². The molecular weight excluding hydrogens is 382 g/mol. The molecule has 0 radical (unpaired) electrons. The van der Waals surface area contributed by atoms with E-state index in [4.69, 9.17) is 4.74 Å². The minimum Gasteiger partial charge on any atom is -0.497 e. The van der Waals surface area contributed by atoms with Crippen molar-refractivity contribution in [1.82, 2.24) is 9.88 Å². The number of aromatic nitrogens is 1. The largest absolute Gasteiger partial charge is 0.497 e. The van der Waals surface area contributed by atoms with E-state index in [0.29, 0.717) is 10.1 Å². The predicted molar refractivity (Wildman–Crippen MR) is 119 cm³/mol. The fourth-order valence-corrected chi connectivity index (χ4v) is 3.89. The summed E-state index contributed by atoms with van der Waals surface area (Å²) in [6.07, 6.45) is 3.85. The van der Waals surface area contributed by atoms with Crippen molar-refractivity contribution >= 4 is 34.6 Å². The molecule has 29 heavy (non-hydrogen) atoms. The van der Waals surface area contributed by atoms with Gasteiger partial charge >= 0.3 is 0 Å². The molecule has 1 amide bonds. The summed E-state index contributed by atoms with van der Waals surface area (Å²) in [6.45, 7) is 4.09. The van der Waals surface area contributed by atoms with Gasteiger partial charge in [0.2, 0.25) is 0 Å². The number of carbonyl (C=O) groups excluding carboxylic acids is 1. The Morgan fingerprint density at radius 2 is 1.86 bits per heavy atom. The van der Waals surface area contributed by atoms with Crippen molar-refractivity contribution in [1.29, 1.82) is 0 Å². The maximum Gasteiger partial charge on any atom is 0.264 e. The zero-order valence-corrected chi connectivity index (χ0v) is 17.3. The minimum absolute atomic E-state index is 0.137. The topological polar surface area (TPSA) is 55.6 Å². The van der Waals surface area contributed by atoms with Crippen molar-refractivity contribution in [2.24, 2.45) is 4.99 Å². The molecular formula is C23H21N3O2S. The standard InChI is InChI=1S/C23H21N3O2S/c1-15-6-4-8-20(16(15)2)24-23-25-22(27)21(29-23)14-18-7-5-13-26(18)17-9-11-19(28-3)12-10-17/h4-14H,1-3H3,(H,24,25,27)/b21-14-. The van der Waals surface area contributed by atoms with Gasteiger partial charge in [-0.2, -0.15) is 0 Å². The zero-order chi connectivity index (χ0) is 20.4. The Bertz CT molecular complexity index is 1130. The Kier molecular flexibility index (Phi) is 5.27. The van der Waals surface area contributed by atoms with Crippen LogP contribution in [0.4, 0.5) is 5.69 Å². The predicted octanol–water partition coefficient (Wildman–Crippen LogP) is 4.99. The van der Waals surface area contributed by atoms with Gasteiger partial charge in [0.1, 0.15) is 5.75 Å². The first-order chi connectivity index (χ1) is 14.0. The second kappa shape index (κ2) is 8.01. The average Bonchev–Trinajstić information content (AvgIpc) is 3.32. The quantitative estimate of drug-likeness (QED) is 0.624. The van der Waals surface area contributed by atoms with Crippen LogP contribution in [0.25, 0.3) is 11.8 Å². The van der Waals surface area contributed by atoms with E-state index in [1.807, 2.05) is 72.3 Å². The first-order valence-electron chi connectivity index (χ1n) is 9.23. The molecule has 4 rings (SSSR count). The van der Waals surface area contributed by atoms with Crippen LogP contribution in [-0.2, 0) is 4.79 Å². The summed E-state index contributed by atoms with van der Waals surface area (Å²) in [5.74, 6) is 0.667. The van der Waals surface area contributed by atoms with E-state index in [9.17, 15) is 4.79 Å². The molecule has 1 saturated heterocycles. The molecule has 1 N–H and O–H groups in total. The Hall–Kier alpha value is -3.25. The van der Waals surface area contributed by atoms with Gasteiger partial charge < -0.3 is 14.6 Å². The molecule has 0 spiro atoms. The number of nitrogens with one attached hydrogen (secondary N) is 1. The second-order valence-electron chi connectivity index (χ2n) is 6.70. The summed E-state index contributed by atoms with van der Waals surface area (Å²) in [6, 6.07) is 17.7. The van der Waals surface area contributed by atoms with Crippen molar-refractivity contribution in [2.45, 2.75) is 13.8 Å². The van der Waals surface area contributed by atoms with Crippen molar-refractivity contribution in [3.63, 3.8) is 0 Å². The summed E-state index contributed by atoms with van der Waals surface area (Å²) in [5.41, 5.74) is 5.07. The molecule has 5 nitrogen and oxygen atoms in total. The summed E-state index contributed by atoms with van der Waals surface area (Å²) in [7, 11) is 1.65. The van der Waals surface area contributed by atoms with Crippen LogP contribution in [0.5, 0.6) is 5.75 Å². The molecule has 2 heterocycles. The molecule has 0 saturated carbocycles. The second-order valence-corrected chi connectivity index (χ2v) is 7.73. The molecule has 0 atom stereocenters. The number of thioether (sulfide) groups is 1. The van der Waals surface area contributed by atoms with Crippen LogP contribution in [0.3, 0.4) is 0 Å². The number of methoxy groups -OCH3 is 1. The Balaban J connectivity index is 1.61. The smallest absolute Gasteiger partial charge is 0.264 e. The van der Waals surface area contributed by atoms with E-state index < -0.39 is 0 Å². The number of amidine groups is 1. The lowest BCUT2D eigenvalue weighted by molar-refractivity contribution is -0.115. The van der Waals surface area contributed by atoms with Crippen LogP contribution in [0, 0.1) is 13.8 Å². The van der Waals surface area contributed by atoms with Gasteiger partial charge in [0.05, 0.1) is 17.7 Å². The highest BCUT2D eigenvalue weighted by Gasteiger charge is 2.24. The fraction of sp³-hybridized carbons (Fsp3) is 0.130. The number of hydrogen-bond donors (Lipinski definition) is 1. The van der Waals surface area contributed by atoms with Gasteiger partial charge in [-0.3, -0.25) is 4.79 Å². The molecule has 1 fully saturated rings. The first-order valence-corrected chi connectivity index (χ1v) is 10.0. The number of ether oxygens (including phenoxy) is 1. The van der Waals surface area contributed by atoms with Gasteiger partial charge in [0, 0.05) is 17.6 Å². The lowest BCUT2D eigenvalue weighted by atomic mass is 10.1. The molecule has 1 aliphatic rings. The summed E-state index contributed by atoms with van der Waals surface area (Å²) in [4.78, 5) is 17.7. The number of nitrogens with zero attached hydrogens (tertiary/aromatic N) is 2. The normalized spacial score (nSPS) is 16.4. The van der Waals surface area contributed by atoms with Crippen LogP contribution >= 0.6 is 11.8 Å². The monoisotopic (exact) mass is 403 g/mol. The minimum atomic E-state index is -0.137. The highest BCUT2D eigenvalue weighted by molar-refractivity contribution is 8.18. The van der Waals surface area contributed by atoms with Crippen molar-refractivity contribution in [2.75, 3.05) is 7.11 Å². The fourth-order valence-electron chi connectivity index (χ4n) is 3.07. The molecule has 6 heteroatoms. The number of amides is 1. The number of hydrogen-bond acceptors (Lipinski definition) is 4. The van der Waals surface area contributed by atoms with Gasteiger partial charge in [0.15, 0.2) is 5.17 Å². The summed E-state index contributed by atoms with van der Waals surface area (Å²) < 4.78 is 7.25. The molecule has 1 aromatic heterocycles. The zero-order valence-electron chi connectivity index (χ0n) is 16.5. The molecule has 146 valence electrons. The SMILES string of the molecule is COc1ccc(-n2cccc2/C=C2\SC(=Nc3cccc(C)c3C)NC2=O)cc1. The average molecular weight is 404 g/mol. The molecule has 0 bridgehead atoms. The molecule has 3 aromatic rings. The number of aryl methyl sites for hydroxylation is 1. The van der Waals surface area contributed by atoms with Crippen LogP contribution < -0.4 is 10.1 Å². The number of carbonyl (C=O) groups is 1. The highest BCUT2D eigenvalue weighted by Crippen LogP contribution is 2.30. The van der Waals surface area contributed by atoms with Crippen molar-refractivity contribution < 1.29 is 9.53 Å². The van der Waals surface area contributed by atoms with E-state index in [1.54, 1.807) is 7.11 Å². The van der Waals surface area contributed by atoms with Crippen LogP contribution in [0.2, 0.25) is 0 Å². The molecule has 2 aromatic carbocycles. The lowest BCUT2D eigenvalue weighted by Crippen LogP contribution is -2.19. The lowest BCUT2D eigenvalue weighted by Gasteiger charge is -2.08. The summed E-state index contributed by atoms with van der Waals surface area (Å²) >= 11 is 1.35. The molecule has 1 aliphatic heterocycles.